The van der Waals surface area contributed by atoms with E-state index < -0.39 is 30.1 Å². The van der Waals surface area contributed by atoms with Crippen LogP contribution in [0.15, 0.2) is 54.1 Å². The first-order chi connectivity index (χ1) is 20.4. The Morgan fingerprint density at radius 1 is 1.17 bits per heavy atom. The van der Waals surface area contributed by atoms with Crippen LogP contribution in [0.2, 0.25) is 0 Å². The molecule has 3 aliphatic rings. The van der Waals surface area contributed by atoms with Crippen LogP contribution in [0.4, 0.5) is 0 Å². The van der Waals surface area contributed by atoms with E-state index in [1.165, 1.54) is 7.11 Å². The van der Waals surface area contributed by atoms with Gasteiger partial charge in [-0.05, 0) is 54.1 Å². The zero-order chi connectivity index (χ0) is 29.4. The Morgan fingerprint density at radius 2 is 1.98 bits per heavy atom. The summed E-state index contributed by atoms with van der Waals surface area (Å²) >= 11 is 0. The SMILES string of the molecule is COc1cc(CO)cc2c1OC1C2C(C(=O)NCCO)=CC(N(CCc2cc3ccccc3[nH]2)C(=O)C2CCC2)C1O. The highest BCUT2D eigenvalue weighted by Gasteiger charge is 2.52. The third kappa shape index (κ3) is 5.04. The highest BCUT2D eigenvalue weighted by molar-refractivity contribution is 5.96. The van der Waals surface area contributed by atoms with Crippen LogP contribution in [0.25, 0.3) is 10.9 Å². The normalized spacial score (nSPS) is 22.9. The van der Waals surface area contributed by atoms with E-state index in [2.05, 4.69) is 16.4 Å². The fourth-order valence-electron chi connectivity index (χ4n) is 6.42. The van der Waals surface area contributed by atoms with Crippen LogP contribution >= 0.6 is 0 Å². The van der Waals surface area contributed by atoms with Gasteiger partial charge in [-0.15, -0.1) is 0 Å². The van der Waals surface area contributed by atoms with Gasteiger partial charge in [-0.25, -0.2) is 0 Å². The Hall–Kier alpha value is -3.86. The minimum atomic E-state index is -1.13. The molecule has 2 amide bonds. The molecule has 2 aliphatic carbocycles. The van der Waals surface area contributed by atoms with Gasteiger partial charge in [0.15, 0.2) is 11.5 Å². The molecule has 3 aromatic rings. The second-order valence-electron chi connectivity index (χ2n) is 11.3. The summed E-state index contributed by atoms with van der Waals surface area (Å²) in [4.78, 5) is 32.5. The maximum absolute atomic E-state index is 13.9. The van der Waals surface area contributed by atoms with Crippen LogP contribution < -0.4 is 14.8 Å². The summed E-state index contributed by atoms with van der Waals surface area (Å²) in [5.41, 5.74) is 3.54. The molecule has 42 heavy (non-hydrogen) atoms. The molecule has 6 rings (SSSR count). The van der Waals surface area contributed by atoms with Crippen molar-refractivity contribution >= 4 is 22.7 Å². The minimum absolute atomic E-state index is 0.0399. The van der Waals surface area contributed by atoms with Gasteiger partial charge in [-0.1, -0.05) is 24.6 Å². The number of aliphatic hydroxyl groups excluding tert-OH is 3. The number of H-pyrrole nitrogens is 1. The van der Waals surface area contributed by atoms with E-state index in [1.807, 2.05) is 24.3 Å². The number of carbonyl (C=O) groups excluding carboxylic acids is 2. The number of ether oxygens (including phenoxy) is 2. The summed E-state index contributed by atoms with van der Waals surface area (Å²) in [6.07, 6.45) is 2.82. The van der Waals surface area contributed by atoms with E-state index in [4.69, 9.17) is 9.47 Å². The number of hydrogen-bond donors (Lipinski definition) is 5. The number of fused-ring (bicyclic) bond motifs is 4. The molecule has 2 aromatic carbocycles. The van der Waals surface area contributed by atoms with E-state index >= 15 is 0 Å². The number of amides is 2. The molecule has 0 saturated heterocycles. The molecule has 5 N–H and O–H groups in total. The Labute approximate surface area is 243 Å². The summed E-state index contributed by atoms with van der Waals surface area (Å²) in [6.45, 7) is -0.0707. The van der Waals surface area contributed by atoms with Crippen LogP contribution in [0.1, 0.15) is 42.0 Å². The lowest BCUT2D eigenvalue weighted by atomic mass is 9.76. The van der Waals surface area contributed by atoms with Crippen LogP contribution in [0, 0.1) is 5.92 Å². The number of methoxy groups -OCH3 is 1. The lowest BCUT2D eigenvalue weighted by Gasteiger charge is -2.42. The van der Waals surface area contributed by atoms with E-state index in [-0.39, 0.29) is 31.6 Å². The Bertz CT molecular complexity index is 1480. The first-order valence-corrected chi connectivity index (χ1v) is 14.6. The van der Waals surface area contributed by atoms with Crippen LogP contribution in [0.3, 0.4) is 0 Å². The number of para-hydroxylation sites is 1. The van der Waals surface area contributed by atoms with Crippen molar-refractivity contribution in [3.05, 3.63) is 70.9 Å². The van der Waals surface area contributed by atoms with Crippen molar-refractivity contribution < 1.29 is 34.4 Å². The van der Waals surface area contributed by atoms with Crippen molar-refractivity contribution in [2.24, 2.45) is 5.92 Å². The second kappa shape index (κ2) is 11.8. The number of benzene rings is 2. The quantitative estimate of drug-likeness (QED) is 0.249. The predicted molar refractivity (Wildman–Crippen MR) is 155 cm³/mol. The summed E-state index contributed by atoms with van der Waals surface area (Å²) in [6, 6.07) is 12.7. The largest absolute Gasteiger partial charge is 0.493 e. The fourth-order valence-corrected chi connectivity index (χ4v) is 6.42. The molecule has 1 aliphatic heterocycles. The third-order valence-electron chi connectivity index (χ3n) is 8.80. The third-order valence-corrected chi connectivity index (χ3v) is 8.80. The topological polar surface area (TPSA) is 144 Å². The fraction of sp³-hybridized carbons (Fsp3) is 0.438. The molecule has 2 heterocycles. The number of aromatic amines is 1. The Kier molecular flexibility index (Phi) is 7.94. The van der Waals surface area contributed by atoms with Gasteiger partial charge < -0.3 is 40.0 Å². The zero-order valence-corrected chi connectivity index (χ0v) is 23.6. The van der Waals surface area contributed by atoms with E-state index in [0.717, 1.165) is 35.9 Å². The molecular weight excluding hydrogens is 538 g/mol. The van der Waals surface area contributed by atoms with Crippen molar-refractivity contribution in [2.45, 2.75) is 56.5 Å². The molecule has 10 nitrogen and oxygen atoms in total. The molecule has 1 aromatic heterocycles. The molecule has 1 fully saturated rings. The summed E-state index contributed by atoms with van der Waals surface area (Å²) in [5.74, 6) is -0.424. The van der Waals surface area contributed by atoms with Gasteiger partial charge in [-0.2, -0.15) is 0 Å². The molecule has 0 bridgehead atoms. The highest BCUT2D eigenvalue weighted by atomic mass is 16.5. The standard InChI is InChI=1S/C32H37N3O7/c1-41-26-14-18(17-37)13-22-27-23(31(39)33-10-12-36)16-25(28(38)30(27)42-29(22)26)35(32(40)19-6-4-7-19)11-9-21-15-20-5-2-3-8-24(20)34-21/h2-3,5,8,13-16,19,25,27-28,30,34,36-38H,4,6-7,9-12,17H2,1H3,(H,33,39). The molecule has 4 atom stereocenters. The first-order valence-electron chi connectivity index (χ1n) is 14.6. The maximum atomic E-state index is 13.9. The lowest BCUT2D eigenvalue weighted by molar-refractivity contribution is -0.144. The van der Waals surface area contributed by atoms with E-state index in [0.29, 0.717) is 41.2 Å². The van der Waals surface area contributed by atoms with Gasteiger partial charge in [0.1, 0.15) is 12.2 Å². The van der Waals surface area contributed by atoms with Crippen LogP contribution in [-0.2, 0) is 22.6 Å². The zero-order valence-electron chi connectivity index (χ0n) is 23.6. The van der Waals surface area contributed by atoms with Gasteiger partial charge >= 0.3 is 0 Å². The monoisotopic (exact) mass is 575 g/mol. The van der Waals surface area contributed by atoms with E-state index in [9.17, 15) is 24.9 Å². The Balaban J connectivity index is 1.38. The van der Waals surface area contributed by atoms with Crippen molar-refractivity contribution in [2.75, 3.05) is 26.8 Å². The Morgan fingerprint density at radius 3 is 2.67 bits per heavy atom. The minimum Gasteiger partial charge on any atom is -0.493 e. The number of aliphatic hydroxyl groups is 3. The lowest BCUT2D eigenvalue weighted by Crippen LogP contribution is -2.57. The van der Waals surface area contributed by atoms with Crippen molar-refractivity contribution in [3.63, 3.8) is 0 Å². The summed E-state index contributed by atoms with van der Waals surface area (Å²) < 4.78 is 11.9. The summed E-state index contributed by atoms with van der Waals surface area (Å²) in [5, 5.41) is 34.9. The van der Waals surface area contributed by atoms with Crippen LogP contribution in [-0.4, -0.2) is 82.1 Å². The number of aromatic nitrogens is 1. The average Bonchev–Trinajstić information content (AvgIpc) is 3.57. The van der Waals surface area contributed by atoms with Gasteiger partial charge in [0.05, 0.1) is 32.3 Å². The molecule has 10 heteroatoms. The number of nitrogens with one attached hydrogen (secondary N) is 2. The molecule has 1 saturated carbocycles. The van der Waals surface area contributed by atoms with Crippen molar-refractivity contribution in [3.8, 4) is 11.5 Å². The predicted octanol–water partition coefficient (Wildman–Crippen LogP) is 2.16. The number of hydrogen-bond acceptors (Lipinski definition) is 7. The van der Waals surface area contributed by atoms with Crippen LogP contribution in [0.5, 0.6) is 11.5 Å². The van der Waals surface area contributed by atoms with Crippen molar-refractivity contribution in [1.82, 2.24) is 15.2 Å². The second-order valence-corrected chi connectivity index (χ2v) is 11.3. The molecular formula is C32H37N3O7. The van der Waals surface area contributed by atoms with Gasteiger partial charge in [0.25, 0.3) is 0 Å². The molecule has 0 radical (unpaired) electrons. The number of nitrogens with zero attached hydrogens (tertiary/aromatic N) is 1. The smallest absolute Gasteiger partial charge is 0.247 e. The highest BCUT2D eigenvalue weighted by Crippen LogP contribution is 2.51. The van der Waals surface area contributed by atoms with Gasteiger partial charge in [-0.3, -0.25) is 9.59 Å². The maximum Gasteiger partial charge on any atom is 0.247 e. The summed E-state index contributed by atoms with van der Waals surface area (Å²) in [7, 11) is 1.50. The molecule has 4 unspecified atom stereocenters. The average molecular weight is 576 g/mol. The number of rotatable bonds is 10. The first kappa shape index (κ1) is 28.3. The molecule has 222 valence electrons. The van der Waals surface area contributed by atoms with Gasteiger partial charge in [0, 0.05) is 47.8 Å². The van der Waals surface area contributed by atoms with Crippen molar-refractivity contribution in [1.29, 1.82) is 0 Å². The van der Waals surface area contributed by atoms with Gasteiger partial charge in [0.2, 0.25) is 11.8 Å². The van der Waals surface area contributed by atoms with E-state index in [1.54, 1.807) is 23.1 Å². The molecule has 0 spiro atoms. The number of carbonyl (C=O) groups is 2.